The van der Waals surface area contributed by atoms with E-state index in [1.54, 1.807) is 0 Å². The molecule has 0 bridgehead atoms. The van der Waals surface area contributed by atoms with Gasteiger partial charge < -0.3 is 9.80 Å². The molecule has 14 rings (SSSR count). The zero-order valence-corrected chi connectivity index (χ0v) is 46.7. The largest absolute Gasteiger partial charge is 0.311 e. The molecule has 1 aromatic heterocycles. The lowest BCUT2D eigenvalue weighted by Gasteiger charge is -2.43. The second-order valence-corrected chi connectivity index (χ2v) is 25.4. The molecule has 76 heavy (non-hydrogen) atoms. The first-order valence-electron chi connectivity index (χ1n) is 27.8. The van der Waals surface area contributed by atoms with Crippen LogP contribution in [0, 0.1) is 13.8 Å². The first-order valence-corrected chi connectivity index (χ1v) is 28.6. The van der Waals surface area contributed by atoms with Crippen LogP contribution in [0.2, 0.25) is 0 Å². The van der Waals surface area contributed by atoms with Crippen molar-refractivity contribution in [3.05, 3.63) is 232 Å². The molecule has 1 spiro atoms. The van der Waals surface area contributed by atoms with Crippen molar-refractivity contribution in [2.45, 2.75) is 105 Å². The van der Waals surface area contributed by atoms with E-state index in [0.29, 0.717) is 17.8 Å². The van der Waals surface area contributed by atoms with E-state index in [4.69, 9.17) is 0 Å². The molecule has 9 aromatic carbocycles. The summed E-state index contributed by atoms with van der Waals surface area (Å²) in [7, 11) is 0. The van der Waals surface area contributed by atoms with Gasteiger partial charge in [-0.25, -0.2) is 0 Å². The van der Waals surface area contributed by atoms with Crippen molar-refractivity contribution >= 4 is 78.0 Å². The molecule has 0 N–H and O–H groups in total. The average molecular weight is 1000 g/mol. The van der Waals surface area contributed by atoms with Gasteiger partial charge in [0, 0.05) is 43.3 Å². The monoisotopic (exact) mass is 1000 g/mol. The summed E-state index contributed by atoms with van der Waals surface area (Å²) in [5, 5.41) is 1.31. The van der Waals surface area contributed by atoms with Crippen molar-refractivity contribution in [3.8, 4) is 33.4 Å². The number of anilines is 6. The van der Waals surface area contributed by atoms with Gasteiger partial charge >= 0.3 is 0 Å². The van der Waals surface area contributed by atoms with Gasteiger partial charge in [0.2, 0.25) is 0 Å². The van der Waals surface area contributed by atoms with Crippen LogP contribution in [0.5, 0.6) is 0 Å². The molecule has 2 nitrogen and oxygen atoms in total. The Morgan fingerprint density at radius 2 is 1.08 bits per heavy atom. The van der Waals surface area contributed by atoms with Crippen LogP contribution in [-0.2, 0) is 10.8 Å². The molecule has 4 aliphatic rings. The Hall–Kier alpha value is -7.40. The van der Waals surface area contributed by atoms with E-state index in [0.717, 1.165) is 0 Å². The van der Waals surface area contributed by atoms with Gasteiger partial charge in [-0.15, -0.1) is 11.3 Å². The zero-order chi connectivity index (χ0) is 52.3. The number of rotatable bonds is 6. The molecule has 0 unspecified atom stereocenters. The summed E-state index contributed by atoms with van der Waals surface area (Å²) in [6.45, 7) is 25.5. The second kappa shape index (κ2) is 16.8. The maximum Gasteiger partial charge on any atom is 0.264 e. The molecular formula is C72H65BN2S. The Balaban J connectivity index is 1.09. The minimum atomic E-state index is -0.444. The number of benzene rings is 9. The molecular weight excluding hydrogens is 936 g/mol. The first-order chi connectivity index (χ1) is 36.6. The maximum atomic E-state index is 2.66. The zero-order valence-electron chi connectivity index (χ0n) is 45.9. The van der Waals surface area contributed by atoms with Gasteiger partial charge in [-0.1, -0.05) is 189 Å². The maximum absolute atomic E-state index is 2.66. The summed E-state index contributed by atoms with van der Waals surface area (Å²) in [6.07, 6.45) is 0. The molecule has 0 atom stereocenters. The van der Waals surface area contributed by atoms with Crippen LogP contribution >= 0.6 is 11.3 Å². The van der Waals surface area contributed by atoms with Crippen LogP contribution in [0.3, 0.4) is 0 Å². The number of aryl methyl sites for hydroxylation is 2. The Kier molecular flexibility index (Phi) is 10.4. The minimum absolute atomic E-state index is 0.00335. The van der Waals surface area contributed by atoms with Crippen LogP contribution in [-0.4, -0.2) is 6.71 Å². The first kappa shape index (κ1) is 47.1. The smallest absolute Gasteiger partial charge is 0.264 e. The van der Waals surface area contributed by atoms with E-state index in [1.165, 1.54) is 149 Å². The Bertz CT molecular complexity index is 3980. The van der Waals surface area contributed by atoms with Crippen molar-refractivity contribution < 1.29 is 0 Å². The molecule has 0 radical (unpaired) electrons. The van der Waals surface area contributed by atoms with Crippen LogP contribution in [0.25, 0.3) is 43.5 Å². The van der Waals surface area contributed by atoms with Crippen LogP contribution in [0.4, 0.5) is 34.1 Å². The van der Waals surface area contributed by atoms with E-state index in [9.17, 15) is 0 Å². The normalized spacial score (nSPS) is 14.4. The fourth-order valence-electron chi connectivity index (χ4n) is 14.0. The lowest BCUT2D eigenvalue weighted by atomic mass is 9.36. The predicted octanol–water partition coefficient (Wildman–Crippen LogP) is 18.3. The third kappa shape index (κ3) is 6.59. The third-order valence-corrected chi connectivity index (χ3v) is 18.9. The lowest BCUT2D eigenvalue weighted by molar-refractivity contribution is 0.590. The highest BCUT2D eigenvalue weighted by Crippen LogP contribution is 2.64. The van der Waals surface area contributed by atoms with Gasteiger partial charge in [0.15, 0.2) is 0 Å². The van der Waals surface area contributed by atoms with Crippen LogP contribution < -0.4 is 25.5 Å². The average Bonchev–Trinajstić information content (AvgIpc) is 4.01. The summed E-state index contributed by atoms with van der Waals surface area (Å²) < 4.78 is 2.73. The van der Waals surface area contributed by atoms with E-state index in [-0.39, 0.29) is 12.1 Å². The van der Waals surface area contributed by atoms with Gasteiger partial charge in [-0.05, 0) is 186 Å². The van der Waals surface area contributed by atoms with Crippen molar-refractivity contribution in [3.63, 3.8) is 0 Å². The van der Waals surface area contributed by atoms with Gasteiger partial charge in [-0.2, -0.15) is 0 Å². The molecule has 0 amide bonds. The molecule has 0 saturated heterocycles. The second-order valence-electron chi connectivity index (χ2n) is 24.4. The minimum Gasteiger partial charge on any atom is -0.311 e. The van der Waals surface area contributed by atoms with Crippen LogP contribution in [0.1, 0.15) is 136 Å². The molecule has 4 heteroatoms. The summed E-state index contributed by atoms with van der Waals surface area (Å²) >= 11 is 2.02. The fraction of sp³-hybridized carbons (Fsp3) is 0.222. The molecule has 2 aliphatic heterocycles. The van der Waals surface area contributed by atoms with E-state index < -0.39 is 5.41 Å². The van der Waals surface area contributed by atoms with Crippen molar-refractivity contribution in [1.82, 2.24) is 0 Å². The summed E-state index contributed by atoms with van der Waals surface area (Å²) in [4.78, 5) is 5.26. The third-order valence-electron chi connectivity index (χ3n) is 17.7. The Morgan fingerprint density at radius 1 is 0.487 bits per heavy atom. The Labute approximate surface area is 454 Å². The van der Waals surface area contributed by atoms with Crippen molar-refractivity contribution in [2.75, 3.05) is 9.80 Å². The number of hydrogen-bond acceptors (Lipinski definition) is 3. The van der Waals surface area contributed by atoms with Gasteiger partial charge in [0.25, 0.3) is 6.71 Å². The number of thiophene rings is 1. The number of nitrogens with zero attached hydrogens (tertiary/aromatic N) is 2. The SMILES string of the molecule is Cc1ccc(N2c3cc(-c4c(C(C)C)cccc4C(C)C)ccc3B3c4sc5cc6c(cc5c4N(c4ccc(C(C)(C)C)cc4)c4cc(C)cc2c43)-c2ccc(C(C)C)cc2C62c3ccccc3-c3ccccc32)cc1. The number of fused-ring (bicyclic) bond motifs is 16. The quantitative estimate of drug-likeness (QED) is 0.153. The van der Waals surface area contributed by atoms with Crippen molar-refractivity contribution in [2.24, 2.45) is 0 Å². The predicted molar refractivity (Wildman–Crippen MR) is 328 cm³/mol. The highest BCUT2D eigenvalue weighted by atomic mass is 32.1. The highest BCUT2D eigenvalue weighted by Gasteiger charge is 2.53. The molecule has 2 aliphatic carbocycles. The standard InChI is InChI=1S/C72H65BN2S/c1-41(2)46-25-33-55-56-39-57-66(40-61(56)72(60(55)37-46)58-21-14-12-17-53(58)54-18-13-15-22-59(54)72)76-70-69(57)75(50-31-27-48(28-32-50)71(9,10)11)65-36-45(8)35-64-68(65)73(70)62-34-26-47(38-63(62)74(64)49-29-23-44(7)24-30-49)67-51(42(3)4)19-16-20-52(67)43(5)6/h12-43H,1-11H3. The molecule has 10 aromatic rings. The van der Waals surface area contributed by atoms with Crippen LogP contribution in [0.15, 0.2) is 176 Å². The number of hydrogen-bond donors (Lipinski definition) is 0. The molecule has 0 saturated carbocycles. The van der Waals surface area contributed by atoms with Crippen molar-refractivity contribution in [1.29, 1.82) is 0 Å². The van der Waals surface area contributed by atoms with Gasteiger partial charge in [-0.3, -0.25) is 0 Å². The van der Waals surface area contributed by atoms with Gasteiger partial charge in [0.05, 0.1) is 11.1 Å². The van der Waals surface area contributed by atoms with E-state index in [1.807, 2.05) is 11.3 Å². The highest BCUT2D eigenvalue weighted by molar-refractivity contribution is 7.33. The van der Waals surface area contributed by atoms with E-state index >= 15 is 0 Å². The topological polar surface area (TPSA) is 6.48 Å². The molecule has 3 heterocycles. The summed E-state index contributed by atoms with van der Waals surface area (Å²) in [5.41, 5.74) is 31.4. The lowest BCUT2D eigenvalue weighted by Crippen LogP contribution is -2.60. The van der Waals surface area contributed by atoms with E-state index in [2.05, 4.69) is 262 Å². The molecule has 0 fully saturated rings. The fourth-order valence-corrected chi connectivity index (χ4v) is 15.4. The summed E-state index contributed by atoms with van der Waals surface area (Å²) in [5.74, 6) is 1.16. The summed E-state index contributed by atoms with van der Waals surface area (Å²) in [6, 6.07) is 69.3. The van der Waals surface area contributed by atoms with Gasteiger partial charge in [0.1, 0.15) is 0 Å². The Morgan fingerprint density at radius 3 is 1.71 bits per heavy atom. The molecule has 372 valence electrons.